The molecule has 0 saturated heterocycles. The average Bonchev–Trinajstić information content (AvgIpc) is 2.99. The molecule has 13 nitrogen and oxygen atoms in total. The summed E-state index contributed by atoms with van der Waals surface area (Å²) in [6.45, 7) is -1.03. The second kappa shape index (κ2) is 12.1. The number of ether oxygens (including phenoxy) is 1. The highest BCUT2D eigenvalue weighted by molar-refractivity contribution is 6.32. The number of phenolic OH excluding ortho intramolecular Hbond substituents is 1. The van der Waals surface area contributed by atoms with Gasteiger partial charge in [-0.05, 0) is 30.3 Å². The van der Waals surface area contributed by atoms with E-state index in [2.05, 4.69) is 10.6 Å². The number of amides is 4. The van der Waals surface area contributed by atoms with E-state index in [4.69, 9.17) is 21.4 Å². The number of carbonyl (C=O) groups excluding carboxylic acids is 5. The number of para-hydroxylation sites is 2. The van der Waals surface area contributed by atoms with Crippen LogP contribution in [0.2, 0.25) is 5.02 Å². The van der Waals surface area contributed by atoms with E-state index in [1.165, 1.54) is 30.3 Å². The third-order valence-corrected chi connectivity index (χ3v) is 5.81. The third-order valence-electron chi connectivity index (χ3n) is 5.51. The standard InChI is InChI=1S/C24H23ClN4O9/c1-38-24(37)29-10-16(27-22(35)13-6-7-19(31)15(25)8-13)23(36)28(17-4-2-3-5-18(17)29)11-20(32)26-14(12-30)9-21(33)34/h2-8,12,14,16,31H,9-11H2,1H3,(H,26,32)(H,27,35)(H,33,34)/t14-,16-/m0/s1. The fraction of sp³-hybridized carbons (Fsp3) is 0.250. The summed E-state index contributed by atoms with van der Waals surface area (Å²) in [6.07, 6.45) is -1.25. The number of aliphatic carboxylic acids is 1. The minimum absolute atomic E-state index is 0.0127. The first-order valence-corrected chi connectivity index (χ1v) is 11.4. The summed E-state index contributed by atoms with van der Waals surface area (Å²) in [6, 6.07) is 7.06. The molecule has 0 bridgehead atoms. The predicted molar refractivity (Wildman–Crippen MR) is 133 cm³/mol. The Kier molecular flexibility index (Phi) is 8.86. The van der Waals surface area contributed by atoms with Gasteiger partial charge in [0.25, 0.3) is 11.8 Å². The Balaban J connectivity index is 1.97. The number of anilines is 2. The van der Waals surface area contributed by atoms with E-state index in [0.717, 1.165) is 16.9 Å². The van der Waals surface area contributed by atoms with Crippen molar-refractivity contribution in [2.75, 3.05) is 30.0 Å². The number of aromatic hydroxyl groups is 1. The van der Waals surface area contributed by atoms with E-state index >= 15 is 0 Å². The zero-order chi connectivity index (χ0) is 28.0. The summed E-state index contributed by atoms with van der Waals surface area (Å²) < 4.78 is 4.85. The van der Waals surface area contributed by atoms with Gasteiger partial charge in [-0.25, -0.2) is 4.79 Å². The number of carboxylic acid groups (broad SMARTS) is 1. The molecule has 200 valence electrons. The van der Waals surface area contributed by atoms with Crippen LogP contribution < -0.4 is 20.4 Å². The van der Waals surface area contributed by atoms with Gasteiger partial charge in [0.2, 0.25) is 5.91 Å². The fourth-order valence-corrected chi connectivity index (χ4v) is 3.93. The number of carbonyl (C=O) groups is 6. The number of rotatable bonds is 8. The lowest BCUT2D eigenvalue weighted by Gasteiger charge is -2.25. The van der Waals surface area contributed by atoms with Gasteiger partial charge in [-0.15, -0.1) is 0 Å². The van der Waals surface area contributed by atoms with Crippen molar-refractivity contribution in [3.8, 4) is 5.75 Å². The molecule has 2 atom stereocenters. The zero-order valence-corrected chi connectivity index (χ0v) is 20.7. The highest BCUT2D eigenvalue weighted by Crippen LogP contribution is 2.33. The van der Waals surface area contributed by atoms with Crippen LogP contribution in [0.5, 0.6) is 5.75 Å². The Labute approximate surface area is 220 Å². The Bertz CT molecular complexity index is 1290. The Morgan fingerprint density at radius 1 is 1.18 bits per heavy atom. The van der Waals surface area contributed by atoms with Crippen molar-refractivity contribution in [2.24, 2.45) is 0 Å². The molecule has 0 aromatic heterocycles. The van der Waals surface area contributed by atoms with Gasteiger partial charge >= 0.3 is 12.1 Å². The van der Waals surface area contributed by atoms with E-state index in [0.29, 0.717) is 0 Å². The summed E-state index contributed by atoms with van der Waals surface area (Å²) in [4.78, 5) is 76.2. The molecule has 1 aliphatic heterocycles. The first-order chi connectivity index (χ1) is 18.0. The number of carboxylic acids is 1. The fourth-order valence-electron chi connectivity index (χ4n) is 3.75. The summed E-state index contributed by atoms with van der Waals surface area (Å²) in [5, 5.41) is 23.2. The van der Waals surface area contributed by atoms with Crippen molar-refractivity contribution in [3.05, 3.63) is 53.1 Å². The molecule has 4 N–H and O–H groups in total. The molecule has 1 aliphatic rings. The number of nitrogens with one attached hydrogen (secondary N) is 2. The molecule has 38 heavy (non-hydrogen) atoms. The number of benzene rings is 2. The van der Waals surface area contributed by atoms with E-state index < -0.39 is 54.8 Å². The van der Waals surface area contributed by atoms with Crippen molar-refractivity contribution in [3.63, 3.8) is 0 Å². The molecule has 0 radical (unpaired) electrons. The molecule has 2 aromatic rings. The minimum atomic E-state index is -1.38. The number of hydrogen-bond acceptors (Lipinski definition) is 8. The number of nitrogens with zero attached hydrogens (tertiary/aromatic N) is 2. The molecular formula is C24H23ClN4O9. The van der Waals surface area contributed by atoms with Crippen LogP contribution in [0.25, 0.3) is 0 Å². The molecule has 1 heterocycles. The third kappa shape index (κ3) is 6.37. The van der Waals surface area contributed by atoms with Crippen LogP contribution in [0, 0.1) is 0 Å². The van der Waals surface area contributed by atoms with Gasteiger partial charge in [0.1, 0.15) is 24.6 Å². The van der Waals surface area contributed by atoms with Crippen molar-refractivity contribution >= 4 is 59.0 Å². The largest absolute Gasteiger partial charge is 0.506 e. The molecule has 0 saturated carbocycles. The lowest BCUT2D eigenvalue weighted by atomic mass is 10.1. The maximum Gasteiger partial charge on any atom is 0.414 e. The van der Waals surface area contributed by atoms with E-state index in [9.17, 15) is 33.9 Å². The normalized spacial score (nSPS) is 15.5. The Hall–Kier alpha value is -4.65. The maximum atomic E-state index is 13.6. The van der Waals surface area contributed by atoms with Crippen molar-refractivity contribution in [1.29, 1.82) is 0 Å². The quantitative estimate of drug-likeness (QED) is 0.350. The highest BCUT2D eigenvalue weighted by Gasteiger charge is 2.38. The van der Waals surface area contributed by atoms with Gasteiger partial charge in [-0.2, -0.15) is 0 Å². The molecule has 2 aromatic carbocycles. The lowest BCUT2D eigenvalue weighted by molar-refractivity contribution is -0.138. The van der Waals surface area contributed by atoms with Gasteiger partial charge in [0, 0.05) is 5.56 Å². The van der Waals surface area contributed by atoms with Gasteiger partial charge in [-0.1, -0.05) is 23.7 Å². The monoisotopic (exact) mass is 546 g/mol. The van der Waals surface area contributed by atoms with Crippen LogP contribution in [0.4, 0.5) is 16.2 Å². The topological polar surface area (TPSA) is 183 Å². The van der Waals surface area contributed by atoms with E-state index in [-0.39, 0.29) is 40.5 Å². The zero-order valence-electron chi connectivity index (χ0n) is 19.9. The van der Waals surface area contributed by atoms with Gasteiger partial charge in [0.05, 0.1) is 42.5 Å². The number of phenols is 1. The van der Waals surface area contributed by atoms with Crippen LogP contribution in [0.3, 0.4) is 0 Å². The number of aldehydes is 1. The predicted octanol–water partition coefficient (Wildman–Crippen LogP) is 0.922. The second-order valence-corrected chi connectivity index (χ2v) is 8.50. The number of methoxy groups -OCH3 is 1. The number of fused-ring (bicyclic) bond motifs is 1. The lowest BCUT2D eigenvalue weighted by Crippen LogP contribution is -2.54. The molecule has 0 fully saturated rings. The summed E-state index contributed by atoms with van der Waals surface area (Å²) in [5.74, 6) is -3.96. The second-order valence-electron chi connectivity index (χ2n) is 8.09. The van der Waals surface area contributed by atoms with Gasteiger partial charge in [-0.3, -0.25) is 29.0 Å². The van der Waals surface area contributed by atoms with Crippen molar-refractivity contribution < 1.29 is 43.7 Å². The Morgan fingerprint density at radius 3 is 2.47 bits per heavy atom. The molecule has 14 heteroatoms. The van der Waals surface area contributed by atoms with Crippen LogP contribution in [0.1, 0.15) is 16.8 Å². The molecule has 0 unspecified atom stereocenters. The minimum Gasteiger partial charge on any atom is -0.506 e. The van der Waals surface area contributed by atoms with E-state index in [1.54, 1.807) is 12.1 Å². The molecule has 0 aliphatic carbocycles. The summed E-state index contributed by atoms with van der Waals surface area (Å²) in [7, 11) is 1.14. The molecular weight excluding hydrogens is 524 g/mol. The SMILES string of the molecule is COC(=O)N1C[C@H](NC(=O)c2ccc(O)c(Cl)c2)C(=O)N(CC(=O)N[C@H](C=O)CC(=O)O)c2ccccc21. The number of halogens is 1. The molecule has 0 spiro atoms. The smallest absolute Gasteiger partial charge is 0.414 e. The van der Waals surface area contributed by atoms with Crippen LogP contribution in [-0.2, 0) is 23.9 Å². The first kappa shape index (κ1) is 27.9. The average molecular weight is 547 g/mol. The van der Waals surface area contributed by atoms with Gasteiger partial charge in [0.15, 0.2) is 0 Å². The maximum absolute atomic E-state index is 13.6. The van der Waals surface area contributed by atoms with Crippen molar-refractivity contribution in [2.45, 2.75) is 18.5 Å². The first-order valence-electron chi connectivity index (χ1n) is 11.1. The van der Waals surface area contributed by atoms with E-state index in [1.807, 2.05) is 0 Å². The Morgan fingerprint density at radius 2 is 1.87 bits per heavy atom. The van der Waals surface area contributed by atoms with Crippen molar-refractivity contribution in [1.82, 2.24) is 10.6 Å². The van der Waals surface area contributed by atoms with Crippen LogP contribution >= 0.6 is 11.6 Å². The number of hydrogen-bond donors (Lipinski definition) is 4. The van der Waals surface area contributed by atoms with Gasteiger partial charge < -0.3 is 30.4 Å². The highest BCUT2D eigenvalue weighted by atomic mass is 35.5. The van der Waals surface area contributed by atoms with Crippen LogP contribution in [0.15, 0.2) is 42.5 Å². The summed E-state index contributed by atoms with van der Waals surface area (Å²) >= 11 is 5.88. The molecule has 3 rings (SSSR count). The molecule has 4 amide bonds. The van der Waals surface area contributed by atoms with Crippen LogP contribution in [-0.4, -0.2) is 78.6 Å². The summed E-state index contributed by atoms with van der Waals surface area (Å²) in [5.41, 5.74) is 0.338.